The maximum absolute atomic E-state index is 10.7. The smallest absolute Gasteiger partial charge is 0.303 e. The predicted octanol–water partition coefficient (Wildman–Crippen LogP) is 1.62. The van der Waals surface area contributed by atoms with Crippen molar-refractivity contribution in [3.05, 3.63) is 0 Å². The van der Waals surface area contributed by atoms with E-state index in [1.165, 1.54) is 6.42 Å². The molecule has 0 aromatic carbocycles. The van der Waals surface area contributed by atoms with Crippen molar-refractivity contribution in [3.63, 3.8) is 0 Å². The molecule has 1 saturated carbocycles. The Morgan fingerprint density at radius 1 is 1.62 bits per heavy atom. The van der Waals surface area contributed by atoms with E-state index >= 15 is 0 Å². The number of hydrogen-bond acceptors (Lipinski definition) is 2. The zero-order chi connectivity index (χ0) is 9.90. The van der Waals surface area contributed by atoms with Crippen LogP contribution in [-0.2, 0) is 4.79 Å². The van der Waals surface area contributed by atoms with Crippen molar-refractivity contribution < 1.29 is 9.90 Å². The van der Waals surface area contributed by atoms with Gasteiger partial charge in [-0.1, -0.05) is 26.2 Å². The van der Waals surface area contributed by atoms with Crippen LogP contribution in [0.15, 0.2) is 0 Å². The van der Waals surface area contributed by atoms with Gasteiger partial charge in [-0.05, 0) is 24.3 Å². The van der Waals surface area contributed by atoms with E-state index in [1.54, 1.807) is 0 Å². The number of rotatable bonds is 3. The summed E-state index contributed by atoms with van der Waals surface area (Å²) >= 11 is 0. The number of carbonyl (C=O) groups is 1. The lowest BCUT2D eigenvalue weighted by atomic mass is 9.65. The van der Waals surface area contributed by atoms with Crippen molar-refractivity contribution in [1.29, 1.82) is 0 Å². The van der Waals surface area contributed by atoms with Gasteiger partial charge >= 0.3 is 5.97 Å². The van der Waals surface area contributed by atoms with Gasteiger partial charge in [-0.15, -0.1) is 0 Å². The van der Waals surface area contributed by atoms with E-state index in [0.29, 0.717) is 12.5 Å². The van der Waals surface area contributed by atoms with Gasteiger partial charge in [-0.25, -0.2) is 0 Å². The Labute approximate surface area is 79.3 Å². The topological polar surface area (TPSA) is 63.3 Å². The second kappa shape index (κ2) is 4.09. The van der Waals surface area contributed by atoms with E-state index in [9.17, 15) is 4.79 Å². The summed E-state index contributed by atoms with van der Waals surface area (Å²) in [7, 11) is 0. The van der Waals surface area contributed by atoms with E-state index in [0.717, 1.165) is 19.3 Å². The van der Waals surface area contributed by atoms with Crippen LogP contribution in [0.5, 0.6) is 0 Å². The van der Waals surface area contributed by atoms with E-state index in [4.69, 9.17) is 10.8 Å². The van der Waals surface area contributed by atoms with Crippen LogP contribution in [0.3, 0.4) is 0 Å². The Bertz CT molecular complexity index is 193. The lowest BCUT2D eigenvalue weighted by molar-refractivity contribution is -0.141. The molecule has 76 valence electrons. The molecule has 0 bridgehead atoms. The first-order valence-electron chi connectivity index (χ1n) is 5.02. The van der Waals surface area contributed by atoms with Gasteiger partial charge in [0.15, 0.2) is 0 Å². The minimum absolute atomic E-state index is 0.121. The summed E-state index contributed by atoms with van der Waals surface area (Å²) in [5.74, 6) is -0.249. The highest BCUT2D eigenvalue weighted by Gasteiger charge is 2.38. The summed E-state index contributed by atoms with van der Waals surface area (Å²) in [5.41, 5.74) is 5.59. The Balaban J connectivity index is 2.69. The van der Waals surface area contributed by atoms with Crippen LogP contribution in [0.1, 0.15) is 39.0 Å². The molecule has 1 fully saturated rings. The van der Waals surface area contributed by atoms with E-state index in [1.807, 2.05) is 0 Å². The van der Waals surface area contributed by atoms with Gasteiger partial charge in [-0.2, -0.15) is 0 Å². The standard InChI is InChI=1S/C10H19NO2/c1-8-4-2-3-5-10(8,7-11)6-9(12)13/h8H,2-7,11H2,1H3,(H,12,13)/t8-,10+/m1/s1. The lowest BCUT2D eigenvalue weighted by Gasteiger charge is -2.40. The lowest BCUT2D eigenvalue weighted by Crippen LogP contribution is -2.40. The molecule has 0 radical (unpaired) electrons. The maximum atomic E-state index is 10.7. The van der Waals surface area contributed by atoms with Crippen molar-refractivity contribution in [1.82, 2.24) is 0 Å². The number of aliphatic carboxylic acids is 1. The van der Waals surface area contributed by atoms with Crippen molar-refractivity contribution in [2.24, 2.45) is 17.1 Å². The molecule has 1 rings (SSSR count). The monoisotopic (exact) mass is 185 g/mol. The highest BCUT2D eigenvalue weighted by Crippen LogP contribution is 2.42. The summed E-state index contributed by atoms with van der Waals surface area (Å²) < 4.78 is 0. The average molecular weight is 185 g/mol. The fourth-order valence-electron chi connectivity index (χ4n) is 2.42. The third-order valence-corrected chi connectivity index (χ3v) is 3.52. The van der Waals surface area contributed by atoms with Crippen LogP contribution in [0.2, 0.25) is 0 Å². The van der Waals surface area contributed by atoms with Gasteiger partial charge in [0, 0.05) is 0 Å². The molecule has 2 atom stereocenters. The minimum atomic E-state index is -0.709. The van der Waals surface area contributed by atoms with E-state index in [2.05, 4.69) is 6.92 Å². The average Bonchev–Trinajstić information content (AvgIpc) is 2.08. The summed E-state index contributed by atoms with van der Waals surface area (Å²) in [6.07, 6.45) is 4.71. The van der Waals surface area contributed by atoms with Crippen LogP contribution in [0.4, 0.5) is 0 Å². The zero-order valence-corrected chi connectivity index (χ0v) is 8.25. The molecular formula is C10H19NO2. The molecule has 0 amide bonds. The zero-order valence-electron chi connectivity index (χ0n) is 8.25. The van der Waals surface area contributed by atoms with Crippen molar-refractivity contribution in [2.75, 3.05) is 6.54 Å². The van der Waals surface area contributed by atoms with Gasteiger partial charge < -0.3 is 10.8 Å². The summed E-state index contributed by atoms with van der Waals surface area (Å²) in [4.78, 5) is 10.7. The number of hydrogen-bond donors (Lipinski definition) is 2. The van der Waals surface area contributed by atoms with Crippen molar-refractivity contribution in [2.45, 2.75) is 39.0 Å². The van der Waals surface area contributed by atoms with E-state index in [-0.39, 0.29) is 11.8 Å². The fraction of sp³-hybridized carbons (Fsp3) is 0.900. The molecule has 0 spiro atoms. The fourth-order valence-corrected chi connectivity index (χ4v) is 2.42. The molecular weight excluding hydrogens is 166 g/mol. The second-order valence-corrected chi connectivity index (χ2v) is 4.28. The van der Waals surface area contributed by atoms with Gasteiger partial charge in [0.1, 0.15) is 0 Å². The molecule has 13 heavy (non-hydrogen) atoms. The quantitative estimate of drug-likeness (QED) is 0.702. The molecule has 3 N–H and O–H groups in total. The molecule has 0 unspecified atom stereocenters. The first kappa shape index (κ1) is 10.5. The molecule has 3 heteroatoms. The van der Waals surface area contributed by atoms with Crippen LogP contribution in [0.25, 0.3) is 0 Å². The molecule has 1 aliphatic rings. The van der Waals surface area contributed by atoms with Gasteiger partial charge in [0.2, 0.25) is 0 Å². The SMILES string of the molecule is C[C@@H]1CCCC[C@@]1(CN)CC(=O)O. The third kappa shape index (κ3) is 2.21. The summed E-state index contributed by atoms with van der Waals surface area (Å²) in [6, 6.07) is 0. The highest BCUT2D eigenvalue weighted by atomic mass is 16.4. The van der Waals surface area contributed by atoms with Crippen LogP contribution in [-0.4, -0.2) is 17.6 Å². The Kier molecular flexibility index (Phi) is 3.31. The predicted molar refractivity (Wildman–Crippen MR) is 51.4 cm³/mol. The van der Waals surface area contributed by atoms with Gasteiger partial charge in [-0.3, -0.25) is 4.79 Å². The maximum Gasteiger partial charge on any atom is 0.303 e. The molecule has 0 saturated heterocycles. The molecule has 0 heterocycles. The Morgan fingerprint density at radius 2 is 2.31 bits per heavy atom. The van der Waals surface area contributed by atoms with Crippen LogP contribution >= 0.6 is 0 Å². The van der Waals surface area contributed by atoms with Crippen molar-refractivity contribution in [3.8, 4) is 0 Å². The first-order chi connectivity index (χ1) is 6.10. The number of carboxylic acids is 1. The third-order valence-electron chi connectivity index (χ3n) is 3.52. The van der Waals surface area contributed by atoms with E-state index < -0.39 is 5.97 Å². The second-order valence-electron chi connectivity index (χ2n) is 4.28. The minimum Gasteiger partial charge on any atom is -0.481 e. The van der Waals surface area contributed by atoms with Crippen LogP contribution < -0.4 is 5.73 Å². The summed E-state index contributed by atoms with van der Waals surface area (Å²) in [6.45, 7) is 2.65. The normalized spacial score (nSPS) is 34.5. The largest absolute Gasteiger partial charge is 0.481 e. The Hall–Kier alpha value is -0.570. The summed E-state index contributed by atoms with van der Waals surface area (Å²) in [5, 5.41) is 8.82. The highest BCUT2D eigenvalue weighted by molar-refractivity contribution is 5.67. The first-order valence-corrected chi connectivity index (χ1v) is 5.02. The number of carboxylic acid groups (broad SMARTS) is 1. The molecule has 0 aromatic heterocycles. The molecule has 3 nitrogen and oxygen atoms in total. The number of nitrogens with two attached hydrogens (primary N) is 1. The molecule has 0 aromatic rings. The van der Waals surface area contributed by atoms with Gasteiger partial charge in [0.05, 0.1) is 6.42 Å². The van der Waals surface area contributed by atoms with Gasteiger partial charge in [0.25, 0.3) is 0 Å². The van der Waals surface area contributed by atoms with Crippen molar-refractivity contribution >= 4 is 5.97 Å². The molecule has 0 aliphatic heterocycles. The molecule has 1 aliphatic carbocycles. The van der Waals surface area contributed by atoms with Crippen LogP contribution in [0, 0.1) is 11.3 Å². The Morgan fingerprint density at radius 3 is 2.77 bits per heavy atom.